The van der Waals surface area contributed by atoms with Crippen molar-refractivity contribution in [2.24, 2.45) is 0 Å². The highest BCUT2D eigenvalue weighted by atomic mass is 16.5. The van der Waals surface area contributed by atoms with Gasteiger partial charge in [0.1, 0.15) is 0 Å². The van der Waals surface area contributed by atoms with E-state index in [-0.39, 0.29) is 11.4 Å². The molecular weight excluding hydrogens is 458 g/mol. The third-order valence-corrected chi connectivity index (χ3v) is 8.45. The summed E-state index contributed by atoms with van der Waals surface area (Å²) in [5.41, 5.74) is 3.24. The predicted molar refractivity (Wildman–Crippen MR) is 148 cm³/mol. The zero-order valence-corrected chi connectivity index (χ0v) is 22.9. The molecule has 1 heterocycles. The van der Waals surface area contributed by atoms with Crippen LogP contribution in [0.5, 0.6) is 0 Å². The van der Waals surface area contributed by atoms with Gasteiger partial charge in [-0.3, -0.25) is 4.79 Å². The van der Waals surface area contributed by atoms with Crippen molar-refractivity contribution in [1.29, 1.82) is 5.26 Å². The second-order valence-corrected chi connectivity index (χ2v) is 11.4. The number of nitrogens with one attached hydrogen (secondary N) is 1. The van der Waals surface area contributed by atoms with Gasteiger partial charge in [0, 0.05) is 23.7 Å². The molecule has 5 nitrogen and oxygen atoms in total. The van der Waals surface area contributed by atoms with Crippen LogP contribution in [0, 0.1) is 11.3 Å². The number of amides is 1. The quantitative estimate of drug-likeness (QED) is 0.400. The van der Waals surface area contributed by atoms with Crippen molar-refractivity contribution in [2.45, 2.75) is 95.2 Å². The van der Waals surface area contributed by atoms with Crippen LogP contribution < -0.4 is 5.32 Å². The Morgan fingerprint density at radius 2 is 1.92 bits per heavy atom. The first-order valence-corrected chi connectivity index (χ1v) is 14.1. The van der Waals surface area contributed by atoms with Gasteiger partial charge < -0.3 is 15.0 Å². The number of hydrogen-bond donors (Lipinski definition) is 1. The number of likely N-dealkylation sites (N-methyl/N-ethyl adjacent to an activating group) is 1. The van der Waals surface area contributed by atoms with Crippen molar-refractivity contribution in [3.05, 3.63) is 70.8 Å². The van der Waals surface area contributed by atoms with Crippen molar-refractivity contribution >= 4 is 5.91 Å². The summed E-state index contributed by atoms with van der Waals surface area (Å²) >= 11 is 0. The number of rotatable bonds is 11. The molecule has 2 atom stereocenters. The van der Waals surface area contributed by atoms with Crippen LogP contribution in [0.1, 0.15) is 92.3 Å². The van der Waals surface area contributed by atoms with Crippen LogP contribution in [0.4, 0.5) is 0 Å². The number of likely N-dealkylation sites (tertiary alicyclic amines) is 1. The van der Waals surface area contributed by atoms with Crippen molar-refractivity contribution in [3.63, 3.8) is 0 Å². The molecule has 2 aliphatic rings. The molecule has 2 aromatic rings. The molecular formula is C32H43N3O2. The molecule has 1 saturated heterocycles. The summed E-state index contributed by atoms with van der Waals surface area (Å²) in [7, 11) is 1.98. The first kappa shape index (κ1) is 27.4. The van der Waals surface area contributed by atoms with Gasteiger partial charge in [0.15, 0.2) is 0 Å². The first-order valence-electron chi connectivity index (χ1n) is 14.1. The van der Waals surface area contributed by atoms with E-state index in [1.54, 1.807) is 0 Å². The molecule has 5 heteroatoms. The molecule has 37 heavy (non-hydrogen) atoms. The van der Waals surface area contributed by atoms with E-state index in [0.717, 1.165) is 75.5 Å². The van der Waals surface area contributed by atoms with Crippen LogP contribution in [-0.4, -0.2) is 42.6 Å². The van der Waals surface area contributed by atoms with Crippen LogP contribution >= 0.6 is 0 Å². The van der Waals surface area contributed by atoms with Gasteiger partial charge in [0.2, 0.25) is 0 Å². The Balaban J connectivity index is 1.55. The second kappa shape index (κ2) is 12.2. The lowest BCUT2D eigenvalue weighted by molar-refractivity contribution is 0.0667. The molecule has 1 saturated carbocycles. The van der Waals surface area contributed by atoms with E-state index in [1.807, 2.05) is 25.2 Å². The summed E-state index contributed by atoms with van der Waals surface area (Å²) in [4.78, 5) is 15.8. The van der Waals surface area contributed by atoms with E-state index in [9.17, 15) is 10.1 Å². The van der Waals surface area contributed by atoms with E-state index in [2.05, 4.69) is 60.5 Å². The summed E-state index contributed by atoms with van der Waals surface area (Å²) in [6.07, 6.45) is 8.98. The number of hydrogen-bond acceptors (Lipinski definition) is 4. The highest BCUT2D eigenvalue weighted by Crippen LogP contribution is 2.41. The lowest BCUT2D eigenvalue weighted by atomic mass is 9.79. The van der Waals surface area contributed by atoms with Gasteiger partial charge in [0.05, 0.1) is 24.7 Å². The number of benzene rings is 2. The molecule has 198 valence electrons. The predicted octanol–water partition coefficient (Wildman–Crippen LogP) is 6.16. The average Bonchev–Trinajstić information content (AvgIpc) is 3.59. The molecule has 0 radical (unpaired) electrons. The summed E-state index contributed by atoms with van der Waals surface area (Å²) < 4.78 is 6.28. The van der Waals surface area contributed by atoms with Crippen LogP contribution in [0.2, 0.25) is 0 Å². The zero-order chi connectivity index (χ0) is 26.3. The summed E-state index contributed by atoms with van der Waals surface area (Å²) in [6, 6.07) is 19.5. The van der Waals surface area contributed by atoms with E-state index in [1.165, 1.54) is 5.56 Å². The molecule has 4 rings (SSSR count). The van der Waals surface area contributed by atoms with Crippen molar-refractivity contribution in [1.82, 2.24) is 10.2 Å². The fraction of sp³-hybridized carbons (Fsp3) is 0.562. The maximum atomic E-state index is 13.7. The monoisotopic (exact) mass is 501 g/mol. The van der Waals surface area contributed by atoms with Crippen LogP contribution in [0.25, 0.3) is 0 Å². The highest BCUT2D eigenvalue weighted by Gasteiger charge is 2.37. The Morgan fingerprint density at radius 3 is 2.59 bits per heavy atom. The van der Waals surface area contributed by atoms with E-state index in [0.29, 0.717) is 24.8 Å². The minimum absolute atomic E-state index is 0.106. The number of carbonyl (C=O) groups is 1. The first-order chi connectivity index (χ1) is 17.9. The standard InChI is InChI=1S/C32H43N3O2/c1-4-11-29-14-10-17-35(29)30(36)27-18-26(19-28(20-27)32(23-33)15-8-9-16-32)22-37-24-31(2,34-3)21-25-12-6-5-7-13-25/h5-7,12-13,18-20,29,34H,4,8-11,14-17,21-22,24H2,1-3H3. The fourth-order valence-corrected chi connectivity index (χ4v) is 6.17. The number of nitriles is 1. The largest absolute Gasteiger partial charge is 0.375 e. The molecule has 1 N–H and O–H groups in total. The topological polar surface area (TPSA) is 65.4 Å². The number of nitrogens with zero attached hydrogens (tertiary/aromatic N) is 2. The van der Waals surface area contributed by atoms with Gasteiger partial charge in [-0.15, -0.1) is 0 Å². The lowest BCUT2D eigenvalue weighted by Gasteiger charge is -2.30. The molecule has 1 aliphatic heterocycles. The fourth-order valence-electron chi connectivity index (χ4n) is 6.17. The minimum atomic E-state index is -0.494. The Labute approximate surface area is 223 Å². The molecule has 1 aliphatic carbocycles. The van der Waals surface area contributed by atoms with Gasteiger partial charge in [-0.05, 0) is 81.3 Å². The molecule has 1 amide bonds. The van der Waals surface area contributed by atoms with Crippen molar-refractivity contribution in [3.8, 4) is 6.07 Å². The Hall–Kier alpha value is -2.68. The average molecular weight is 502 g/mol. The van der Waals surface area contributed by atoms with Gasteiger partial charge in [0.25, 0.3) is 5.91 Å². The second-order valence-electron chi connectivity index (χ2n) is 11.4. The van der Waals surface area contributed by atoms with Crippen molar-refractivity contribution < 1.29 is 9.53 Å². The molecule has 0 spiro atoms. The molecule has 0 aromatic heterocycles. The van der Waals surface area contributed by atoms with Gasteiger partial charge in [-0.25, -0.2) is 0 Å². The normalized spacial score (nSPS) is 20.5. The number of ether oxygens (including phenoxy) is 1. The van der Waals surface area contributed by atoms with Crippen LogP contribution in [0.15, 0.2) is 48.5 Å². The van der Waals surface area contributed by atoms with E-state index in [4.69, 9.17) is 4.74 Å². The minimum Gasteiger partial charge on any atom is -0.375 e. The third kappa shape index (κ3) is 6.43. The molecule has 2 unspecified atom stereocenters. The SMILES string of the molecule is CCCC1CCCN1C(=O)c1cc(COCC(C)(Cc2ccccc2)NC)cc(C2(C#N)CCCC2)c1. The van der Waals surface area contributed by atoms with E-state index >= 15 is 0 Å². The maximum Gasteiger partial charge on any atom is 0.254 e. The van der Waals surface area contributed by atoms with Gasteiger partial charge in [-0.2, -0.15) is 5.26 Å². The number of carbonyl (C=O) groups excluding carboxylic acids is 1. The Bertz CT molecular complexity index is 1090. The van der Waals surface area contributed by atoms with Gasteiger partial charge >= 0.3 is 0 Å². The zero-order valence-electron chi connectivity index (χ0n) is 22.9. The highest BCUT2D eigenvalue weighted by molar-refractivity contribution is 5.95. The Kier molecular flexibility index (Phi) is 9.05. The maximum absolute atomic E-state index is 13.7. The third-order valence-electron chi connectivity index (χ3n) is 8.45. The molecule has 2 aromatic carbocycles. The Morgan fingerprint density at radius 1 is 1.16 bits per heavy atom. The summed E-state index contributed by atoms with van der Waals surface area (Å²) in [6.45, 7) is 6.14. The van der Waals surface area contributed by atoms with Crippen LogP contribution in [0.3, 0.4) is 0 Å². The molecule has 2 fully saturated rings. The summed E-state index contributed by atoms with van der Waals surface area (Å²) in [5, 5.41) is 13.6. The van der Waals surface area contributed by atoms with E-state index < -0.39 is 5.41 Å². The van der Waals surface area contributed by atoms with Crippen LogP contribution in [-0.2, 0) is 23.2 Å². The lowest BCUT2D eigenvalue weighted by Crippen LogP contribution is -2.46. The molecule has 0 bridgehead atoms. The smallest absolute Gasteiger partial charge is 0.254 e. The van der Waals surface area contributed by atoms with Crippen molar-refractivity contribution in [2.75, 3.05) is 20.2 Å². The summed E-state index contributed by atoms with van der Waals surface area (Å²) in [5.74, 6) is 0.106. The van der Waals surface area contributed by atoms with Gasteiger partial charge in [-0.1, -0.05) is 62.6 Å².